The first-order chi connectivity index (χ1) is 6.09. The third-order valence-corrected chi connectivity index (χ3v) is 2.71. The second kappa shape index (κ2) is 4.66. The van der Waals surface area contributed by atoms with Gasteiger partial charge in [-0.05, 0) is 32.4 Å². The molecular weight excluding hydrogens is 160 g/mol. The fourth-order valence-corrected chi connectivity index (χ4v) is 1.71. The van der Waals surface area contributed by atoms with Gasteiger partial charge in [-0.1, -0.05) is 20.4 Å². The van der Waals surface area contributed by atoms with Crippen LogP contribution in [0.5, 0.6) is 0 Å². The Kier molecular flexibility index (Phi) is 3.79. The fourth-order valence-electron chi connectivity index (χ4n) is 1.71. The Labute approximate surface area is 82.0 Å². The maximum atomic E-state index is 4.04. The molecule has 0 radical (unpaired) electrons. The van der Waals surface area contributed by atoms with E-state index in [1.54, 1.807) is 0 Å². The summed E-state index contributed by atoms with van der Waals surface area (Å²) < 4.78 is 0. The zero-order chi connectivity index (χ0) is 9.84. The number of allylic oxidation sites excluding steroid dienone is 1. The molecule has 0 bridgehead atoms. The van der Waals surface area contributed by atoms with Crippen molar-refractivity contribution in [2.24, 2.45) is 5.92 Å². The number of rotatable bonds is 3. The highest BCUT2D eigenvalue weighted by Crippen LogP contribution is 2.11. The van der Waals surface area contributed by atoms with Crippen molar-refractivity contribution in [3.63, 3.8) is 0 Å². The smallest absolute Gasteiger partial charge is 0.0385 e. The van der Waals surface area contributed by atoms with Crippen LogP contribution >= 0.6 is 0 Å². The van der Waals surface area contributed by atoms with Crippen molar-refractivity contribution in [2.75, 3.05) is 20.1 Å². The molecule has 0 aliphatic carbocycles. The van der Waals surface area contributed by atoms with Gasteiger partial charge in [-0.25, -0.2) is 0 Å². The number of nitrogens with zero attached hydrogens (tertiary/aromatic N) is 1. The molecule has 1 atom stereocenters. The van der Waals surface area contributed by atoms with E-state index in [1.165, 1.54) is 25.1 Å². The zero-order valence-corrected chi connectivity index (χ0v) is 9.14. The van der Waals surface area contributed by atoms with E-state index in [9.17, 15) is 0 Å². The highest BCUT2D eigenvalue weighted by molar-refractivity contribution is 4.98. The topological polar surface area (TPSA) is 15.3 Å². The van der Waals surface area contributed by atoms with E-state index in [0.717, 1.165) is 6.54 Å². The molecular formula is C11H22N2. The van der Waals surface area contributed by atoms with Gasteiger partial charge in [0.1, 0.15) is 0 Å². The minimum absolute atomic E-state index is 0.548. The first-order valence-electron chi connectivity index (χ1n) is 5.23. The molecule has 1 aliphatic rings. The average molecular weight is 182 g/mol. The average Bonchev–Trinajstić information content (AvgIpc) is 2.04. The second-order valence-corrected chi connectivity index (χ2v) is 4.43. The molecule has 0 aromatic carbocycles. The minimum Gasteiger partial charge on any atom is -0.385 e. The summed E-state index contributed by atoms with van der Waals surface area (Å²) >= 11 is 0. The lowest BCUT2D eigenvalue weighted by molar-refractivity contribution is 0.232. The number of piperidine rings is 1. The second-order valence-electron chi connectivity index (χ2n) is 4.43. The lowest BCUT2D eigenvalue weighted by Crippen LogP contribution is -2.43. The molecule has 0 aromatic heterocycles. The largest absolute Gasteiger partial charge is 0.385 e. The first-order valence-corrected chi connectivity index (χ1v) is 5.23. The van der Waals surface area contributed by atoms with Crippen LogP contribution in [0.2, 0.25) is 0 Å². The van der Waals surface area contributed by atoms with Crippen molar-refractivity contribution in [1.82, 2.24) is 10.2 Å². The van der Waals surface area contributed by atoms with Gasteiger partial charge < -0.3 is 10.2 Å². The highest BCUT2D eigenvalue weighted by atomic mass is 15.1. The van der Waals surface area contributed by atoms with Crippen LogP contribution in [0, 0.1) is 5.92 Å². The van der Waals surface area contributed by atoms with Crippen LogP contribution < -0.4 is 5.32 Å². The van der Waals surface area contributed by atoms with E-state index in [4.69, 9.17) is 0 Å². The predicted octanol–water partition coefficient (Wildman–Crippen LogP) is 1.84. The molecule has 1 N–H and O–H groups in total. The lowest BCUT2D eigenvalue weighted by Gasteiger charge is -2.32. The SMILES string of the molecule is C=C(NC1CCCN(C)C1)C(C)C. The summed E-state index contributed by atoms with van der Waals surface area (Å²) in [5, 5.41) is 3.51. The summed E-state index contributed by atoms with van der Waals surface area (Å²) in [6, 6.07) is 0.619. The Bertz CT molecular complexity index is 175. The van der Waals surface area contributed by atoms with Crippen LogP contribution in [0.25, 0.3) is 0 Å². The van der Waals surface area contributed by atoms with Gasteiger partial charge in [0.15, 0.2) is 0 Å². The van der Waals surface area contributed by atoms with Crippen molar-refractivity contribution in [3.05, 3.63) is 12.3 Å². The molecule has 0 aromatic rings. The van der Waals surface area contributed by atoms with Crippen LogP contribution in [-0.4, -0.2) is 31.1 Å². The third-order valence-electron chi connectivity index (χ3n) is 2.71. The molecule has 0 spiro atoms. The number of hydrogen-bond donors (Lipinski definition) is 1. The molecule has 2 heteroatoms. The van der Waals surface area contributed by atoms with Crippen LogP contribution in [0.3, 0.4) is 0 Å². The Morgan fingerprint density at radius 1 is 1.54 bits per heavy atom. The number of likely N-dealkylation sites (tertiary alicyclic amines) is 1. The molecule has 1 unspecified atom stereocenters. The molecule has 0 saturated carbocycles. The van der Waals surface area contributed by atoms with E-state index in [2.05, 4.69) is 37.7 Å². The van der Waals surface area contributed by atoms with Gasteiger partial charge in [-0.15, -0.1) is 0 Å². The molecule has 1 fully saturated rings. The van der Waals surface area contributed by atoms with Crippen molar-refractivity contribution >= 4 is 0 Å². The molecule has 1 saturated heterocycles. The van der Waals surface area contributed by atoms with Crippen molar-refractivity contribution < 1.29 is 0 Å². The molecule has 76 valence electrons. The van der Waals surface area contributed by atoms with Crippen molar-refractivity contribution in [1.29, 1.82) is 0 Å². The first kappa shape index (κ1) is 10.6. The summed E-state index contributed by atoms with van der Waals surface area (Å²) in [6.07, 6.45) is 2.59. The van der Waals surface area contributed by atoms with Crippen LogP contribution in [0.1, 0.15) is 26.7 Å². The molecule has 13 heavy (non-hydrogen) atoms. The summed E-state index contributed by atoms with van der Waals surface area (Å²) in [7, 11) is 2.19. The Balaban J connectivity index is 2.31. The van der Waals surface area contributed by atoms with Crippen LogP contribution in [0.15, 0.2) is 12.3 Å². The highest BCUT2D eigenvalue weighted by Gasteiger charge is 2.17. The Hall–Kier alpha value is -0.500. The van der Waals surface area contributed by atoms with Crippen LogP contribution in [-0.2, 0) is 0 Å². The van der Waals surface area contributed by atoms with E-state index < -0.39 is 0 Å². The van der Waals surface area contributed by atoms with Gasteiger partial charge in [0, 0.05) is 18.3 Å². The fraction of sp³-hybridized carbons (Fsp3) is 0.818. The minimum atomic E-state index is 0.548. The maximum absolute atomic E-state index is 4.04. The Morgan fingerprint density at radius 3 is 2.77 bits per heavy atom. The van der Waals surface area contributed by atoms with E-state index in [1.807, 2.05) is 0 Å². The van der Waals surface area contributed by atoms with Crippen LogP contribution in [0.4, 0.5) is 0 Å². The summed E-state index contributed by atoms with van der Waals surface area (Å²) in [5.41, 5.74) is 1.18. The van der Waals surface area contributed by atoms with Gasteiger partial charge in [-0.2, -0.15) is 0 Å². The summed E-state index contributed by atoms with van der Waals surface area (Å²) in [4.78, 5) is 2.38. The Morgan fingerprint density at radius 2 is 2.23 bits per heavy atom. The van der Waals surface area contributed by atoms with Crippen molar-refractivity contribution in [3.8, 4) is 0 Å². The zero-order valence-electron chi connectivity index (χ0n) is 9.14. The molecule has 1 aliphatic heterocycles. The molecule has 0 amide bonds. The monoisotopic (exact) mass is 182 g/mol. The number of likely N-dealkylation sites (N-methyl/N-ethyl adjacent to an activating group) is 1. The van der Waals surface area contributed by atoms with Gasteiger partial charge >= 0.3 is 0 Å². The molecule has 1 rings (SSSR count). The quantitative estimate of drug-likeness (QED) is 0.716. The predicted molar refractivity (Wildman–Crippen MR) is 57.6 cm³/mol. The molecule has 2 nitrogen and oxygen atoms in total. The summed E-state index contributed by atoms with van der Waals surface area (Å²) in [5.74, 6) is 0.548. The number of nitrogens with one attached hydrogen (secondary N) is 1. The van der Waals surface area contributed by atoms with Gasteiger partial charge in [0.25, 0.3) is 0 Å². The molecule has 1 heterocycles. The van der Waals surface area contributed by atoms with Crippen molar-refractivity contribution in [2.45, 2.75) is 32.7 Å². The normalized spacial score (nSPS) is 24.8. The van der Waals surface area contributed by atoms with Gasteiger partial charge in [0.05, 0.1) is 0 Å². The number of hydrogen-bond acceptors (Lipinski definition) is 2. The van der Waals surface area contributed by atoms with E-state index in [-0.39, 0.29) is 0 Å². The third kappa shape index (κ3) is 3.39. The van der Waals surface area contributed by atoms with E-state index in [0.29, 0.717) is 12.0 Å². The lowest BCUT2D eigenvalue weighted by atomic mass is 10.0. The van der Waals surface area contributed by atoms with Gasteiger partial charge in [-0.3, -0.25) is 0 Å². The standard InChI is InChI=1S/C11H22N2/c1-9(2)10(3)12-11-6-5-7-13(4)8-11/h9,11-12H,3,5-8H2,1-2,4H3. The maximum Gasteiger partial charge on any atom is 0.0385 e. The van der Waals surface area contributed by atoms with E-state index >= 15 is 0 Å². The summed E-state index contributed by atoms with van der Waals surface area (Å²) in [6.45, 7) is 10.8. The van der Waals surface area contributed by atoms with Gasteiger partial charge in [0.2, 0.25) is 0 Å².